The number of rotatable bonds is 4. The van der Waals surface area contributed by atoms with Crippen molar-refractivity contribution in [3.05, 3.63) is 46.5 Å². The lowest BCUT2D eigenvalue weighted by Crippen LogP contribution is -2.47. The number of hydrogen-bond acceptors (Lipinski definition) is 4. The van der Waals surface area contributed by atoms with Crippen molar-refractivity contribution in [2.75, 3.05) is 32.7 Å². The molecular weight excluding hydrogens is 424 g/mol. The lowest BCUT2D eigenvalue weighted by atomic mass is 9.93. The zero-order chi connectivity index (χ0) is 20.1. The highest BCUT2D eigenvalue weighted by Gasteiger charge is 2.36. The van der Waals surface area contributed by atoms with Gasteiger partial charge >= 0.3 is 11.9 Å². The maximum Gasteiger partial charge on any atom is 0.414 e. The second-order valence-electron chi connectivity index (χ2n) is 7.86. The number of aliphatic carboxylic acids is 2. The number of carbonyl (C=O) groups is 2. The highest BCUT2D eigenvalue weighted by Crippen LogP contribution is 2.43. The summed E-state index contributed by atoms with van der Waals surface area (Å²) in [5.74, 6) is -0.908. The van der Waals surface area contributed by atoms with E-state index in [-0.39, 0.29) is 0 Å². The van der Waals surface area contributed by atoms with Crippen LogP contribution < -0.4 is 0 Å². The van der Waals surface area contributed by atoms with Crippen molar-refractivity contribution >= 4 is 27.9 Å². The Morgan fingerprint density at radius 1 is 1.00 bits per heavy atom. The first-order chi connectivity index (χ1) is 13.4. The van der Waals surface area contributed by atoms with Gasteiger partial charge in [0.25, 0.3) is 0 Å². The number of piperazine rings is 1. The molecule has 1 heterocycles. The molecule has 2 aliphatic carbocycles. The van der Waals surface area contributed by atoms with Gasteiger partial charge < -0.3 is 15.1 Å². The van der Waals surface area contributed by atoms with E-state index in [0.717, 1.165) is 24.3 Å². The van der Waals surface area contributed by atoms with Crippen LogP contribution in [0.3, 0.4) is 0 Å². The van der Waals surface area contributed by atoms with Gasteiger partial charge in [0.1, 0.15) is 0 Å². The van der Waals surface area contributed by atoms with Crippen LogP contribution >= 0.6 is 15.9 Å². The predicted octanol–water partition coefficient (Wildman–Crippen LogP) is 2.93. The third-order valence-corrected chi connectivity index (χ3v) is 6.35. The number of carboxylic acid groups (broad SMARTS) is 2. The fourth-order valence-electron chi connectivity index (χ4n) is 4.46. The third kappa shape index (κ3) is 5.90. The van der Waals surface area contributed by atoms with Gasteiger partial charge in [0.2, 0.25) is 0 Å². The molecule has 2 N–H and O–H groups in total. The van der Waals surface area contributed by atoms with E-state index in [1.807, 2.05) is 0 Å². The van der Waals surface area contributed by atoms with Crippen molar-refractivity contribution in [1.29, 1.82) is 0 Å². The topological polar surface area (TPSA) is 81.1 Å². The lowest BCUT2D eigenvalue weighted by Gasteiger charge is -2.37. The molecule has 3 unspecified atom stereocenters. The molecular formula is C21H27BrN2O4. The maximum absolute atomic E-state index is 9.10. The number of carboxylic acids is 2. The molecule has 2 bridgehead atoms. The van der Waals surface area contributed by atoms with Crippen LogP contribution in [0.15, 0.2) is 40.9 Å². The normalized spacial score (nSPS) is 26.7. The Labute approximate surface area is 174 Å². The highest BCUT2D eigenvalue weighted by atomic mass is 79.9. The fraction of sp³-hybridized carbons (Fsp3) is 0.524. The molecule has 0 amide bonds. The molecule has 7 heteroatoms. The number of benzene rings is 1. The summed E-state index contributed by atoms with van der Waals surface area (Å²) in [6.45, 7) is 7.32. The van der Waals surface area contributed by atoms with E-state index in [0.29, 0.717) is 0 Å². The van der Waals surface area contributed by atoms with Crippen LogP contribution in [0.1, 0.15) is 18.4 Å². The largest absolute Gasteiger partial charge is 0.473 e. The summed E-state index contributed by atoms with van der Waals surface area (Å²) in [4.78, 5) is 23.5. The molecule has 28 heavy (non-hydrogen) atoms. The van der Waals surface area contributed by atoms with E-state index in [1.54, 1.807) is 0 Å². The molecule has 3 aliphatic rings. The van der Waals surface area contributed by atoms with Crippen molar-refractivity contribution in [1.82, 2.24) is 9.80 Å². The first-order valence-electron chi connectivity index (χ1n) is 9.74. The van der Waals surface area contributed by atoms with Gasteiger partial charge in [-0.3, -0.25) is 4.90 Å². The highest BCUT2D eigenvalue weighted by molar-refractivity contribution is 9.10. The molecule has 1 saturated carbocycles. The Morgan fingerprint density at radius 2 is 1.68 bits per heavy atom. The van der Waals surface area contributed by atoms with Crippen molar-refractivity contribution < 1.29 is 19.8 Å². The Hall–Kier alpha value is -1.70. The quantitative estimate of drug-likeness (QED) is 0.542. The fourth-order valence-corrected chi connectivity index (χ4v) is 4.91. The summed E-state index contributed by atoms with van der Waals surface area (Å²) in [5, 5.41) is 14.8. The van der Waals surface area contributed by atoms with Crippen LogP contribution in [0.5, 0.6) is 0 Å². The average molecular weight is 451 g/mol. The van der Waals surface area contributed by atoms with Gasteiger partial charge in [-0.05, 0) is 48.3 Å². The van der Waals surface area contributed by atoms with Crippen molar-refractivity contribution in [2.45, 2.75) is 19.4 Å². The van der Waals surface area contributed by atoms with Crippen molar-refractivity contribution in [2.24, 2.45) is 17.8 Å². The molecule has 0 aromatic heterocycles. The minimum absolute atomic E-state index is 0.893. The van der Waals surface area contributed by atoms with Crippen LogP contribution in [0.4, 0.5) is 0 Å². The van der Waals surface area contributed by atoms with Crippen molar-refractivity contribution in [3.8, 4) is 0 Å². The van der Waals surface area contributed by atoms with E-state index in [4.69, 9.17) is 19.8 Å². The summed E-state index contributed by atoms with van der Waals surface area (Å²) in [7, 11) is 0. The molecule has 1 saturated heterocycles. The molecule has 4 rings (SSSR count). The predicted molar refractivity (Wildman–Crippen MR) is 110 cm³/mol. The molecule has 0 spiro atoms. The van der Waals surface area contributed by atoms with Crippen LogP contribution in [0.25, 0.3) is 0 Å². The van der Waals surface area contributed by atoms with E-state index in [9.17, 15) is 0 Å². The molecule has 1 aromatic rings. The summed E-state index contributed by atoms with van der Waals surface area (Å²) < 4.78 is 1.19. The monoisotopic (exact) mass is 450 g/mol. The maximum atomic E-state index is 9.10. The van der Waals surface area contributed by atoms with Gasteiger partial charge in [-0.15, -0.1) is 0 Å². The van der Waals surface area contributed by atoms with Crippen LogP contribution in [-0.2, 0) is 16.1 Å². The summed E-state index contributed by atoms with van der Waals surface area (Å²) >= 11 is 3.57. The van der Waals surface area contributed by atoms with E-state index < -0.39 is 11.9 Å². The molecule has 0 radical (unpaired) electrons. The number of halogens is 1. The average Bonchev–Trinajstić information content (AvgIpc) is 3.27. The number of hydrogen-bond donors (Lipinski definition) is 2. The molecule has 6 nitrogen and oxygen atoms in total. The third-order valence-electron chi connectivity index (χ3n) is 5.85. The van der Waals surface area contributed by atoms with Crippen molar-refractivity contribution in [3.63, 3.8) is 0 Å². The Morgan fingerprint density at radius 3 is 2.21 bits per heavy atom. The Bertz CT molecular complexity index is 719. The Kier molecular flexibility index (Phi) is 7.26. The van der Waals surface area contributed by atoms with E-state index in [2.05, 4.69) is 62.1 Å². The molecule has 3 atom stereocenters. The molecule has 1 aliphatic heterocycles. The number of allylic oxidation sites excluding steroid dienone is 2. The molecule has 1 aromatic carbocycles. The van der Waals surface area contributed by atoms with Gasteiger partial charge in [-0.25, -0.2) is 9.59 Å². The van der Waals surface area contributed by atoms with Crippen LogP contribution in [0.2, 0.25) is 0 Å². The second-order valence-corrected chi connectivity index (χ2v) is 8.77. The van der Waals surface area contributed by atoms with Crippen LogP contribution in [0, 0.1) is 17.8 Å². The lowest BCUT2D eigenvalue weighted by molar-refractivity contribution is -0.159. The van der Waals surface area contributed by atoms with E-state index in [1.165, 1.54) is 55.6 Å². The van der Waals surface area contributed by atoms with Gasteiger partial charge in [-0.1, -0.05) is 40.2 Å². The van der Waals surface area contributed by atoms with E-state index >= 15 is 0 Å². The van der Waals surface area contributed by atoms with Gasteiger partial charge in [0.05, 0.1) is 0 Å². The standard InChI is InChI=1S/C19H25BrN2.C2H2O4/c20-19-3-1-2-16(12-19)13-21-6-8-22(9-7-21)14-18-11-15-4-5-17(18)10-15;3-1(4)2(5)6/h1-5,12,15,17-18H,6-11,13-14H2;(H,3,4)(H,5,6). The summed E-state index contributed by atoms with van der Waals surface area (Å²) in [6.07, 6.45) is 7.83. The number of nitrogens with zero attached hydrogens (tertiary/aromatic N) is 2. The van der Waals surface area contributed by atoms with Gasteiger partial charge in [0.15, 0.2) is 0 Å². The summed E-state index contributed by atoms with van der Waals surface area (Å²) in [6, 6.07) is 8.72. The first kappa shape index (κ1) is 21.0. The Balaban J connectivity index is 0.000000330. The zero-order valence-electron chi connectivity index (χ0n) is 15.8. The molecule has 2 fully saturated rings. The van der Waals surface area contributed by atoms with Gasteiger partial charge in [-0.2, -0.15) is 0 Å². The van der Waals surface area contributed by atoms with Gasteiger partial charge in [0, 0.05) is 43.7 Å². The minimum Gasteiger partial charge on any atom is -0.473 e. The summed E-state index contributed by atoms with van der Waals surface area (Å²) in [5.41, 5.74) is 1.42. The first-order valence-corrected chi connectivity index (χ1v) is 10.5. The minimum atomic E-state index is -1.82. The van der Waals surface area contributed by atoms with Crippen LogP contribution in [-0.4, -0.2) is 64.7 Å². The number of fused-ring (bicyclic) bond motifs is 2. The molecule has 152 valence electrons. The second kappa shape index (κ2) is 9.67. The smallest absolute Gasteiger partial charge is 0.414 e. The SMILES string of the molecule is Brc1cccc(CN2CCN(CC3CC4C=CC3C4)CC2)c1.O=C(O)C(=O)O. The zero-order valence-corrected chi connectivity index (χ0v) is 17.4.